The van der Waals surface area contributed by atoms with Crippen molar-refractivity contribution in [2.45, 2.75) is 0 Å². The zero-order valence-electron chi connectivity index (χ0n) is 13.8. The maximum atomic E-state index is 12.4. The van der Waals surface area contributed by atoms with Crippen molar-refractivity contribution in [1.29, 1.82) is 0 Å². The van der Waals surface area contributed by atoms with Crippen LogP contribution in [0.15, 0.2) is 48.5 Å². The van der Waals surface area contributed by atoms with Crippen molar-refractivity contribution in [3.8, 4) is 22.6 Å². The summed E-state index contributed by atoms with van der Waals surface area (Å²) in [5.41, 5.74) is 2.35. The van der Waals surface area contributed by atoms with Gasteiger partial charge in [0.1, 0.15) is 11.5 Å². The van der Waals surface area contributed by atoms with E-state index in [4.69, 9.17) is 9.47 Å². The van der Waals surface area contributed by atoms with Gasteiger partial charge in [-0.2, -0.15) is 0 Å². The topological polar surface area (TPSA) is 64.6 Å². The normalized spacial score (nSPS) is 12.9. The lowest BCUT2D eigenvalue weighted by molar-refractivity contribution is 0.0880. The zero-order valence-corrected chi connectivity index (χ0v) is 13.8. The Morgan fingerprint density at radius 2 is 1.44 bits per heavy atom. The molecule has 25 heavy (non-hydrogen) atoms. The molecule has 1 heterocycles. The number of imide groups is 1. The fourth-order valence-corrected chi connectivity index (χ4v) is 3.21. The van der Waals surface area contributed by atoms with Gasteiger partial charge in [-0.05, 0) is 46.7 Å². The maximum absolute atomic E-state index is 12.4. The summed E-state index contributed by atoms with van der Waals surface area (Å²) >= 11 is 0. The quantitative estimate of drug-likeness (QED) is 0.746. The van der Waals surface area contributed by atoms with Gasteiger partial charge in [-0.1, -0.05) is 18.2 Å². The van der Waals surface area contributed by atoms with Crippen molar-refractivity contribution in [1.82, 2.24) is 5.32 Å². The summed E-state index contributed by atoms with van der Waals surface area (Å²) in [5.74, 6) is 0.661. The second-order valence-corrected chi connectivity index (χ2v) is 5.77. The molecule has 0 bridgehead atoms. The first kappa shape index (κ1) is 15.2. The Hall–Kier alpha value is -3.34. The number of hydrogen-bond acceptors (Lipinski definition) is 4. The third kappa shape index (κ3) is 2.32. The number of carbonyl (C=O) groups is 2. The van der Waals surface area contributed by atoms with Crippen LogP contribution in [0.3, 0.4) is 0 Å². The van der Waals surface area contributed by atoms with Gasteiger partial charge in [0.05, 0.1) is 25.3 Å². The molecule has 0 saturated heterocycles. The minimum Gasteiger partial charge on any atom is -0.497 e. The minimum atomic E-state index is -0.379. The highest BCUT2D eigenvalue weighted by Gasteiger charge is 2.31. The van der Waals surface area contributed by atoms with E-state index in [9.17, 15) is 9.59 Å². The SMILES string of the molecule is COc1ccc(-c2c3c(cc4ccc(OC)cc24)C(=O)NC3=O)cc1. The van der Waals surface area contributed by atoms with Gasteiger partial charge in [-0.15, -0.1) is 0 Å². The summed E-state index contributed by atoms with van der Waals surface area (Å²) < 4.78 is 10.5. The van der Waals surface area contributed by atoms with Crippen LogP contribution >= 0.6 is 0 Å². The summed E-state index contributed by atoms with van der Waals surface area (Å²) in [4.78, 5) is 24.6. The fourth-order valence-electron chi connectivity index (χ4n) is 3.21. The fraction of sp³-hybridized carbons (Fsp3) is 0.100. The van der Waals surface area contributed by atoms with Crippen LogP contribution in [0.4, 0.5) is 0 Å². The molecule has 3 aromatic rings. The van der Waals surface area contributed by atoms with Crippen molar-refractivity contribution >= 4 is 22.6 Å². The third-order valence-corrected chi connectivity index (χ3v) is 4.43. The number of rotatable bonds is 3. The van der Waals surface area contributed by atoms with Crippen molar-refractivity contribution < 1.29 is 19.1 Å². The van der Waals surface area contributed by atoms with E-state index in [2.05, 4.69) is 5.32 Å². The van der Waals surface area contributed by atoms with E-state index in [1.165, 1.54) is 0 Å². The molecule has 0 unspecified atom stereocenters. The number of amides is 2. The molecular weight excluding hydrogens is 318 g/mol. The van der Waals surface area contributed by atoms with Crippen molar-refractivity contribution in [2.24, 2.45) is 0 Å². The highest BCUT2D eigenvalue weighted by Crippen LogP contribution is 2.38. The highest BCUT2D eigenvalue weighted by atomic mass is 16.5. The lowest BCUT2D eigenvalue weighted by atomic mass is 9.90. The molecule has 124 valence electrons. The van der Waals surface area contributed by atoms with Crippen LogP contribution in [0, 0.1) is 0 Å². The van der Waals surface area contributed by atoms with Gasteiger partial charge in [0.15, 0.2) is 0 Å². The number of ether oxygens (including phenoxy) is 2. The van der Waals surface area contributed by atoms with E-state index in [-0.39, 0.29) is 11.8 Å². The Labute approximate surface area is 144 Å². The largest absolute Gasteiger partial charge is 0.497 e. The lowest BCUT2D eigenvalue weighted by Crippen LogP contribution is -2.20. The lowest BCUT2D eigenvalue weighted by Gasteiger charge is -2.13. The van der Waals surface area contributed by atoms with Crippen LogP contribution < -0.4 is 14.8 Å². The molecule has 1 aliphatic heterocycles. The van der Waals surface area contributed by atoms with Crippen LogP contribution in [-0.2, 0) is 0 Å². The number of benzene rings is 3. The molecule has 3 aromatic carbocycles. The number of methoxy groups -OCH3 is 2. The first-order valence-corrected chi connectivity index (χ1v) is 7.77. The molecule has 0 aliphatic carbocycles. The van der Waals surface area contributed by atoms with Gasteiger partial charge >= 0.3 is 0 Å². The van der Waals surface area contributed by atoms with Gasteiger partial charge in [-0.25, -0.2) is 0 Å². The molecule has 0 saturated carbocycles. The second kappa shape index (κ2) is 5.63. The molecule has 0 radical (unpaired) electrons. The van der Waals surface area contributed by atoms with Gasteiger partial charge in [0.25, 0.3) is 11.8 Å². The monoisotopic (exact) mass is 333 g/mol. The van der Waals surface area contributed by atoms with E-state index >= 15 is 0 Å². The summed E-state index contributed by atoms with van der Waals surface area (Å²) in [6.07, 6.45) is 0. The van der Waals surface area contributed by atoms with Crippen LogP contribution in [0.5, 0.6) is 11.5 Å². The Morgan fingerprint density at radius 3 is 2.12 bits per heavy atom. The number of carbonyl (C=O) groups excluding carboxylic acids is 2. The van der Waals surface area contributed by atoms with Gasteiger partial charge in [-0.3, -0.25) is 14.9 Å². The molecule has 1 N–H and O–H groups in total. The van der Waals surface area contributed by atoms with E-state index in [0.29, 0.717) is 16.9 Å². The van der Waals surface area contributed by atoms with E-state index < -0.39 is 0 Å². The van der Waals surface area contributed by atoms with Crippen LogP contribution in [-0.4, -0.2) is 26.0 Å². The van der Waals surface area contributed by atoms with Crippen LogP contribution in [0.1, 0.15) is 20.7 Å². The molecule has 0 atom stereocenters. The molecule has 2 amide bonds. The highest BCUT2D eigenvalue weighted by molar-refractivity contribution is 6.27. The molecular formula is C20H15NO4. The van der Waals surface area contributed by atoms with Crippen molar-refractivity contribution in [2.75, 3.05) is 14.2 Å². The number of hydrogen-bond donors (Lipinski definition) is 1. The Kier molecular flexibility index (Phi) is 3.42. The number of nitrogens with one attached hydrogen (secondary N) is 1. The summed E-state index contributed by atoms with van der Waals surface area (Å²) in [6.45, 7) is 0. The molecule has 0 spiro atoms. The summed E-state index contributed by atoms with van der Waals surface area (Å²) in [7, 11) is 3.19. The van der Waals surface area contributed by atoms with Gasteiger partial charge < -0.3 is 9.47 Å². The predicted molar refractivity (Wildman–Crippen MR) is 94.3 cm³/mol. The zero-order chi connectivity index (χ0) is 17.6. The summed E-state index contributed by atoms with van der Waals surface area (Å²) in [5, 5.41) is 4.11. The minimum absolute atomic E-state index is 0.368. The number of fused-ring (bicyclic) bond motifs is 2. The van der Waals surface area contributed by atoms with Crippen molar-refractivity contribution in [3.05, 3.63) is 59.7 Å². The van der Waals surface area contributed by atoms with Crippen LogP contribution in [0.25, 0.3) is 21.9 Å². The Bertz CT molecular complexity index is 1020. The van der Waals surface area contributed by atoms with E-state index in [0.717, 1.165) is 27.6 Å². The van der Waals surface area contributed by atoms with Gasteiger partial charge in [0.2, 0.25) is 0 Å². The summed E-state index contributed by atoms with van der Waals surface area (Å²) in [6, 6.07) is 14.8. The Morgan fingerprint density at radius 1 is 0.760 bits per heavy atom. The van der Waals surface area contributed by atoms with Gasteiger partial charge in [0, 0.05) is 5.56 Å². The standard InChI is InChI=1S/C20H15NO4/c1-24-13-6-3-11(4-7-13)17-15-10-14(25-2)8-5-12(15)9-16-18(17)20(23)21-19(16)22/h3-10H,1-2H3,(H,21,22,23). The molecule has 5 nitrogen and oxygen atoms in total. The average Bonchev–Trinajstić information content (AvgIpc) is 2.93. The third-order valence-electron chi connectivity index (χ3n) is 4.43. The van der Waals surface area contributed by atoms with E-state index in [1.807, 2.05) is 42.5 Å². The smallest absolute Gasteiger partial charge is 0.259 e. The maximum Gasteiger partial charge on any atom is 0.259 e. The molecule has 5 heteroatoms. The Balaban J connectivity index is 2.09. The first-order valence-electron chi connectivity index (χ1n) is 7.77. The molecule has 1 aliphatic rings. The predicted octanol–water partition coefficient (Wildman–Crippen LogP) is 3.41. The second-order valence-electron chi connectivity index (χ2n) is 5.77. The average molecular weight is 333 g/mol. The molecule has 0 aromatic heterocycles. The van der Waals surface area contributed by atoms with Crippen LogP contribution in [0.2, 0.25) is 0 Å². The molecule has 4 rings (SSSR count). The van der Waals surface area contributed by atoms with E-state index in [1.54, 1.807) is 20.3 Å². The molecule has 0 fully saturated rings. The van der Waals surface area contributed by atoms with Crippen molar-refractivity contribution in [3.63, 3.8) is 0 Å². The first-order chi connectivity index (χ1) is 12.1.